The van der Waals surface area contributed by atoms with Crippen molar-refractivity contribution in [1.29, 1.82) is 0 Å². The van der Waals surface area contributed by atoms with Gasteiger partial charge in [-0.1, -0.05) is 23.8 Å². The van der Waals surface area contributed by atoms with Crippen molar-refractivity contribution in [2.24, 2.45) is 0 Å². The van der Waals surface area contributed by atoms with Crippen molar-refractivity contribution >= 4 is 11.7 Å². The maximum absolute atomic E-state index is 13.4. The second kappa shape index (κ2) is 6.89. The topological polar surface area (TPSA) is 52.3 Å². The lowest BCUT2D eigenvalue weighted by molar-refractivity contribution is 0.0495. The van der Waals surface area contributed by atoms with Crippen LogP contribution in [0.2, 0.25) is 0 Å². The highest BCUT2D eigenvalue weighted by atomic mass is 19.1. The summed E-state index contributed by atoms with van der Waals surface area (Å²) in [4.78, 5) is 11.7. The number of carbonyl (C=O) groups is 1. The molecular formula is C16H18FNO2. The van der Waals surface area contributed by atoms with Crippen molar-refractivity contribution in [2.75, 3.05) is 12.3 Å². The molecule has 0 aromatic heterocycles. The van der Waals surface area contributed by atoms with E-state index in [1.54, 1.807) is 0 Å². The van der Waals surface area contributed by atoms with Crippen molar-refractivity contribution in [3.8, 4) is 0 Å². The minimum absolute atomic E-state index is 0.109. The molecule has 0 heterocycles. The van der Waals surface area contributed by atoms with Gasteiger partial charge < -0.3 is 10.5 Å². The van der Waals surface area contributed by atoms with Crippen LogP contribution in [0.15, 0.2) is 42.0 Å². The van der Waals surface area contributed by atoms with Crippen molar-refractivity contribution in [3.63, 3.8) is 0 Å². The number of rotatable bonds is 5. The number of anilines is 1. The summed E-state index contributed by atoms with van der Waals surface area (Å²) in [6.07, 6.45) is 10.2. The highest BCUT2D eigenvalue weighted by molar-refractivity contribution is 5.90. The summed E-state index contributed by atoms with van der Waals surface area (Å²) < 4.78 is 18.5. The molecule has 0 fully saturated rings. The van der Waals surface area contributed by atoms with E-state index in [0.29, 0.717) is 5.69 Å². The summed E-state index contributed by atoms with van der Waals surface area (Å²) in [7, 11) is 0. The quantitative estimate of drug-likeness (QED) is 0.507. The SMILES string of the molecule is Nc1ccc(F)c(C(=O)OCCCC2=CCCC=C2)c1. The molecule has 0 spiro atoms. The second-order valence-corrected chi connectivity index (χ2v) is 4.74. The first-order chi connectivity index (χ1) is 9.66. The number of carbonyl (C=O) groups excluding carboxylic acids is 1. The van der Waals surface area contributed by atoms with Gasteiger partial charge in [-0.3, -0.25) is 0 Å². The molecule has 0 radical (unpaired) electrons. The lowest BCUT2D eigenvalue weighted by Gasteiger charge is -2.08. The number of ether oxygens (including phenoxy) is 1. The van der Waals surface area contributed by atoms with E-state index >= 15 is 0 Å². The lowest BCUT2D eigenvalue weighted by atomic mass is 10.0. The number of nitrogen functional groups attached to an aromatic ring is 1. The van der Waals surface area contributed by atoms with Gasteiger partial charge in [-0.25, -0.2) is 9.18 Å². The molecule has 0 atom stereocenters. The molecule has 1 aliphatic carbocycles. The van der Waals surface area contributed by atoms with Crippen LogP contribution < -0.4 is 5.73 Å². The number of esters is 1. The van der Waals surface area contributed by atoms with Gasteiger partial charge in [0.05, 0.1) is 12.2 Å². The van der Waals surface area contributed by atoms with Crippen molar-refractivity contribution in [2.45, 2.75) is 25.7 Å². The first-order valence-corrected chi connectivity index (χ1v) is 6.74. The van der Waals surface area contributed by atoms with Crippen molar-refractivity contribution in [3.05, 3.63) is 53.4 Å². The molecule has 1 aromatic rings. The number of hydrogen-bond acceptors (Lipinski definition) is 3. The van der Waals surface area contributed by atoms with E-state index < -0.39 is 11.8 Å². The third-order valence-electron chi connectivity index (χ3n) is 3.13. The number of hydrogen-bond donors (Lipinski definition) is 1. The molecule has 0 aliphatic heterocycles. The summed E-state index contributed by atoms with van der Waals surface area (Å²) in [6.45, 7) is 0.276. The molecule has 0 bridgehead atoms. The Hall–Kier alpha value is -2.10. The second-order valence-electron chi connectivity index (χ2n) is 4.74. The van der Waals surface area contributed by atoms with Crippen LogP contribution >= 0.6 is 0 Å². The van der Waals surface area contributed by atoms with Crippen LogP contribution in [-0.4, -0.2) is 12.6 Å². The van der Waals surface area contributed by atoms with Crippen LogP contribution in [0, 0.1) is 5.82 Å². The van der Waals surface area contributed by atoms with E-state index in [1.165, 1.54) is 23.8 Å². The van der Waals surface area contributed by atoms with Crippen LogP contribution in [0.4, 0.5) is 10.1 Å². The molecule has 2 rings (SSSR count). The standard InChI is InChI=1S/C16H18FNO2/c17-15-9-8-13(18)11-14(15)16(19)20-10-4-7-12-5-2-1-3-6-12/h2,5-6,8-9,11H,1,3-4,7,10,18H2. The maximum Gasteiger partial charge on any atom is 0.341 e. The van der Waals surface area contributed by atoms with Crippen LogP contribution in [0.1, 0.15) is 36.0 Å². The average molecular weight is 275 g/mol. The summed E-state index contributed by atoms with van der Waals surface area (Å²) in [6, 6.07) is 3.88. The molecule has 0 amide bonds. The van der Waals surface area contributed by atoms with Gasteiger partial charge in [0.2, 0.25) is 0 Å². The Bertz CT molecular complexity index is 549. The van der Waals surface area contributed by atoms with E-state index in [0.717, 1.165) is 25.7 Å². The largest absolute Gasteiger partial charge is 0.462 e. The molecule has 1 aliphatic rings. The molecule has 2 N–H and O–H groups in total. The number of allylic oxidation sites excluding steroid dienone is 4. The lowest BCUT2D eigenvalue weighted by Crippen LogP contribution is -2.09. The predicted molar refractivity (Wildman–Crippen MR) is 76.8 cm³/mol. The molecule has 0 unspecified atom stereocenters. The predicted octanol–water partition coefficient (Wildman–Crippen LogP) is 3.62. The Balaban J connectivity index is 1.79. The zero-order valence-corrected chi connectivity index (χ0v) is 11.3. The highest BCUT2D eigenvalue weighted by Gasteiger charge is 2.13. The van der Waals surface area contributed by atoms with E-state index in [2.05, 4.69) is 18.2 Å². The summed E-state index contributed by atoms with van der Waals surface area (Å²) in [5.41, 5.74) is 7.03. The smallest absolute Gasteiger partial charge is 0.341 e. The van der Waals surface area contributed by atoms with Gasteiger partial charge in [0, 0.05) is 5.69 Å². The van der Waals surface area contributed by atoms with E-state index in [-0.39, 0.29) is 12.2 Å². The molecule has 1 aromatic carbocycles. The fraction of sp³-hybridized carbons (Fsp3) is 0.312. The van der Waals surface area contributed by atoms with E-state index in [4.69, 9.17) is 10.5 Å². The third-order valence-corrected chi connectivity index (χ3v) is 3.13. The zero-order valence-electron chi connectivity index (χ0n) is 11.3. The Morgan fingerprint density at radius 1 is 1.35 bits per heavy atom. The molecule has 3 nitrogen and oxygen atoms in total. The fourth-order valence-electron chi connectivity index (χ4n) is 2.07. The Morgan fingerprint density at radius 2 is 2.20 bits per heavy atom. The summed E-state index contributed by atoms with van der Waals surface area (Å²) >= 11 is 0. The first kappa shape index (κ1) is 14.3. The zero-order chi connectivity index (χ0) is 14.4. The van der Waals surface area contributed by atoms with E-state index in [9.17, 15) is 9.18 Å². The average Bonchev–Trinajstić information content (AvgIpc) is 2.47. The molecular weight excluding hydrogens is 257 g/mol. The fourth-order valence-corrected chi connectivity index (χ4v) is 2.07. The van der Waals surface area contributed by atoms with Crippen LogP contribution in [0.5, 0.6) is 0 Å². The summed E-state index contributed by atoms with van der Waals surface area (Å²) in [5, 5.41) is 0. The Morgan fingerprint density at radius 3 is 2.95 bits per heavy atom. The van der Waals surface area contributed by atoms with Crippen LogP contribution in [0.3, 0.4) is 0 Å². The highest BCUT2D eigenvalue weighted by Crippen LogP contribution is 2.16. The summed E-state index contributed by atoms with van der Waals surface area (Å²) in [5.74, 6) is -1.27. The third kappa shape index (κ3) is 3.95. The minimum Gasteiger partial charge on any atom is -0.462 e. The number of benzene rings is 1. The van der Waals surface area contributed by atoms with Gasteiger partial charge in [0.25, 0.3) is 0 Å². The Kier molecular flexibility index (Phi) is 4.93. The van der Waals surface area contributed by atoms with Crippen LogP contribution in [0.25, 0.3) is 0 Å². The molecule has 0 saturated heterocycles. The van der Waals surface area contributed by atoms with Crippen molar-refractivity contribution < 1.29 is 13.9 Å². The van der Waals surface area contributed by atoms with Gasteiger partial charge in [0.1, 0.15) is 5.82 Å². The monoisotopic (exact) mass is 275 g/mol. The minimum atomic E-state index is -0.664. The van der Waals surface area contributed by atoms with Gasteiger partial charge >= 0.3 is 5.97 Å². The van der Waals surface area contributed by atoms with Crippen LogP contribution in [-0.2, 0) is 4.74 Å². The van der Waals surface area contributed by atoms with Crippen molar-refractivity contribution in [1.82, 2.24) is 0 Å². The molecule has 4 heteroatoms. The normalized spacial score (nSPS) is 13.9. The van der Waals surface area contributed by atoms with Gasteiger partial charge in [-0.2, -0.15) is 0 Å². The van der Waals surface area contributed by atoms with Gasteiger partial charge in [-0.05, 0) is 43.9 Å². The van der Waals surface area contributed by atoms with Gasteiger partial charge in [-0.15, -0.1) is 0 Å². The molecule has 20 heavy (non-hydrogen) atoms. The van der Waals surface area contributed by atoms with E-state index in [1.807, 2.05) is 0 Å². The number of nitrogens with two attached hydrogens (primary N) is 1. The van der Waals surface area contributed by atoms with Gasteiger partial charge in [0.15, 0.2) is 0 Å². The Labute approximate surface area is 117 Å². The molecule has 0 saturated carbocycles. The maximum atomic E-state index is 13.4. The first-order valence-electron chi connectivity index (χ1n) is 6.74. The molecule has 106 valence electrons. The number of halogens is 1.